The molecule has 2 heteroatoms. The van der Waals surface area contributed by atoms with E-state index < -0.39 is 0 Å². The van der Waals surface area contributed by atoms with E-state index in [2.05, 4.69) is 31.3 Å². The van der Waals surface area contributed by atoms with E-state index in [-0.39, 0.29) is 12.6 Å². The van der Waals surface area contributed by atoms with Crippen LogP contribution in [0.25, 0.3) is 0 Å². The Bertz CT molecular complexity index is 285. The quantitative estimate of drug-likeness (QED) is 0.767. The predicted molar refractivity (Wildman–Crippen MR) is 59.3 cm³/mol. The van der Waals surface area contributed by atoms with Crippen LogP contribution in [0.2, 0.25) is 0 Å². The zero-order valence-corrected chi connectivity index (χ0v) is 9.12. The van der Waals surface area contributed by atoms with Gasteiger partial charge in [0.05, 0.1) is 6.61 Å². The average molecular weight is 193 g/mol. The molecule has 0 heterocycles. The number of aryl methyl sites for hydroxylation is 1. The van der Waals surface area contributed by atoms with E-state index >= 15 is 0 Å². The molecule has 0 saturated heterocycles. The molecule has 0 aliphatic heterocycles. The summed E-state index contributed by atoms with van der Waals surface area (Å²) in [5, 5.41) is 12.3. The highest BCUT2D eigenvalue weighted by molar-refractivity contribution is 5.28. The molecule has 1 aromatic carbocycles. The minimum atomic E-state index is 0.143. The Labute approximate surface area is 86.0 Å². The zero-order valence-electron chi connectivity index (χ0n) is 9.12. The van der Waals surface area contributed by atoms with Crippen molar-refractivity contribution in [2.45, 2.75) is 32.9 Å². The molecule has 1 aromatic rings. The second kappa shape index (κ2) is 5.13. The summed E-state index contributed by atoms with van der Waals surface area (Å²) in [6.45, 7) is 6.39. The maximum Gasteiger partial charge on any atom is 0.0582 e. The highest BCUT2D eigenvalue weighted by Crippen LogP contribution is 2.16. The average Bonchev–Trinajstić information content (AvgIpc) is 2.18. The minimum Gasteiger partial charge on any atom is -0.395 e. The largest absolute Gasteiger partial charge is 0.395 e. The molecule has 14 heavy (non-hydrogen) atoms. The van der Waals surface area contributed by atoms with Crippen molar-refractivity contribution >= 4 is 0 Å². The lowest BCUT2D eigenvalue weighted by Crippen LogP contribution is -2.32. The summed E-state index contributed by atoms with van der Waals surface area (Å²) in [5.74, 6) is 0. The van der Waals surface area contributed by atoms with Gasteiger partial charge >= 0.3 is 0 Å². The van der Waals surface area contributed by atoms with E-state index in [4.69, 9.17) is 5.11 Å². The smallest absolute Gasteiger partial charge is 0.0582 e. The summed E-state index contributed by atoms with van der Waals surface area (Å²) in [4.78, 5) is 0. The molecule has 0 spiro atoms. The minimum absolute atomic E-state index is 0.143. The van der Waals surface area contributed by atoms with E-state index in [1.807, 2.05) is 19.1 Å². The van der Waals surface area contributed by atoms with Crippen molar-refractivity contribution in [3.63, 3.8) is 0 Å². The third kappa shape index (κ3) is 2.82. The third-order valence-electron chi connectivity index (χ3n) is 2.46. The van der Waals surface area contributed by atoms with E-state index in [1.165, 1.54) is 11.1 Å². The van der Waals surface area contributed by atoms with Crippen LogP contribution in [-0.4, -0.2) is 17.8 Å². The monoisotopic (exact) mass is 193 g/mol. The van der Waals surface area contributed by atoms with Crippen LogP contribution in [0, 0.1) is 6.92 Å². The second-order valence-corrected chi connectivity index (χ2v) is 3.83. The maximum absolute atomic E-state index is 8.94. The first kappa shape index (κ1) is 11.2. The molecule has 0 saturated carbocycles. The van der Waals surface area contributed by atoms with Crippen molar-refractivity contribution in [3.8, 4) is 0 Å². The molecule has 2 atom stereocenters. The van der Waals surface area contributed by atoms with Gasteiger partial charge in [-0.15, -0.1) is 0 Å². The fraction of sp³-hybridized carbons (Fsp3) is 0.500. The Morgan fingerprint density at radius 3 is 2.50 bits per heavy atom. The Morgan fingerprint density at radius 2 is 1.93 bits per heavy atom. The number of hydrogen-bond acceptors (Lipinski definition) is 2. The zero-order chi connectivity index (χ0) is 10.6. The highest BCUT2D eigenvalue weighted by Gasteiger charge is 2.09. The number of nitrogens with one attached hydrogen (secondary N) is 1. The van der Waals surface area contributed by atoms with Gasteiger partial charge in [0.25, 0.3) is 0 Å². The molecule has 2 N–H and O–H groups in total. The number of aliphatic hydroxyl groups is 1. The fourth-order valence-electron chi connectivity index (χ4n) is 1.64. The van der Waals surface area contributed by atoms with Gasteiger partial charge in [0.15, 0.2) is 0 Å². The van der Waals surface area contributed by atoms with Crippen molar-refractivity contribution < 1.29 is 5.11 Å². The lowest BCUT2D eigenvalue weighted by atomic mass is 10.0. The van der Waals surface area contributed by atoms with Crippen LogP contribution < -0.4 is 5.32 Å². The van der Waals surface area contributed by atoms with Crippen molar-refractivity contribution in [1.82, 2.24) is 5.32 Å². The first-order chi connectivity index (χ1) is 6.65. The van der Waals surface area contributed by atoms with Gasteiger partial charge in [-0.2, -0.15) is 0 Å². The molecule has 0 aliphatic rings. The van der Waals surface area contributed by atoms with Gasteiger partial charge in [-0.1, -0.05) is 24.3 Å². The lowest BCUT2D eigenvalue weighted by molar-refractivity contribution is 0.243. The normalized spacial score (nSPS) is 15.1. The lowest BCUT2D eigenvalue weighted by Gasteiger charge is -2.20. The molecule has 0 fully saturated rings. The summed E-state index contributed by atoms with van der Waals surface area (Å²) in [7, 11) is 0. The van der Waals surface area contributed by atoms with Crippen molar-refractivity contribution in [3.05, 3.63) is 35.4 Å². The van der Waals surface area contributed by atoms with Crippen molar-refractivity contribution in [1.29, 1.82) is 0 Å². The molecule has 0 radical (unpaired) electrons. The van der Waals surface area contributed by atoms with Crippen LogP contribution in [0.3, 0.4) is 0 Å². The van der Waals surface area contributed by atoms with Crippen molar-refractivity contribution in [2.24, 2.45) is 0 Å². The molecule has 0 aliphatic carbocycles. The van der Waals surface area contributed by atoms with Gasteiger partial charge in [0.1, 0.15) is 0 Å². The van der Waals surface area contributed by atoms with Gasteiger partial charge in [-0.25, -0.2) is 0 Å². The SMILES string of the molecule is Cc1ccccc1C(C)N[C@H](C)CO. The Hall–Kier alpha value is -0.860. The number of benzene rings is 1. The molecule has 2 nitrogen and oxygen atoms in total. The molecular weight excluding hydrogens is 174 g/mol. The van der Waals surface area contributed by atoms with Crippen LogP contribution in [0.15, 0.2) is 24.3 Å². The number of aliphatic hydroxyl groups excluding tert-OH is 1. The summed E-state index contributed by atoms with van der Waals surface area (Å²) in [6.07, 6.45) is 0. The van der Waals surface area contributed by atoms with E-state index in [9.17, 15) is 0 Å². The highest BCUT2D eigenvalue weighted by atomic mass is 16.3. The summed E-state index contributed by atoms with van der Waals surface area (Å²) >= 11 is 0. The summed E-state index contributed by atoms with van der Waals surface area (Å²) < 4.78 is 0. The first-order valence-electron chi connectivity index (χ1n) is 5.07. The standard InChI is InChI=1S/C12H19NO/c1-9-6-4-5-7-12(9)11(3)13-10(2)8-14/h4-7,10-11,13-14H,8H2,1-3H3/t10-,11?/m1/s1. The molecule has 1 unspecified atom stereocenters. The van der Waals surface area contributed by atoms with E-state index in [1.54, 1.807) is 0 Å². The fourth-order valence-corrected chi connectivity index (χ4v) is 1.64. The van der Waals surface area contributed by atoms with Gasteiger partial charge in [-0.05, 0) is 31.9 Å². The Kier molecular flexibility index (Phi) is 4.11. The van der Waals surface area contributed by atoms with Gasteiger partial charge in [-0.3, -0.25) is 0 Å². The van der Waals surface area contributed by atoms with E-state index in [0.29, 0.717) is 6.04 Å². The first-order valence-corrected chi connectivity index (χ1v) is 5.07. The van der Waals surface area contributed by atoms with Gasteiger partial charge in [0.2, 0.25) is 0 Å². The van der Waals surface area contributed by atoms with Crippen LogP contribution in [0.5, 0.6) is 0 Å². The van der Waals surface area contributed by atoms with Crippen molar-refractivity contribution in [2.75, 3.05) is 6.61 Å². The molecule has 0 bridgehead atoms. The van der Waals surface area contributed by atoms with Crippen LogP contribution in [0.1, 0.15) is 31.0 Å². The maximum atomic E-state index is 8.94. The second-order valence-electron chi connectivity index (χ2n) is 3.83. The molecule has 0 aromatic heterocycles. The number of rotatable bonds is 4. The molecule has 78 valence electrons. The molecule has 0 amide bonds. The van der Waals surface area contributed by atoms with Gasteiger partial charge in [0, 0.05) is 12.1 Å². The third-order valence-corrected chi connectivity index (χ3v) is 2.46. The summed E-state index contributed by atoms with van der Waals surface area (Å²) in [6, 6.07) is 8.75. The van der Waals surface area contributed by atoms with Crippen LogP contribution in [-0.2, 0) is 0 Å². The van der Waals surface area contributed by atoms with E-state index in [0.717, 1.165) is 0 Å². The van der Waals surface area contributed by atoms with Crippen LogP contribution in [0.4, 0.5) is 0 Å². The predicted octanol–water partition coefficient (Wildman–Crippen LogP) is 2.03. The Balaban J connectivity index is 2.69. The molecular formula is C12H19NO. The van der Waals surface area contributed by atoms with Gasteiger partial charge < -0.3 is 10.4 Å². The Morgan fingerprint density at radius 1 is 1.29 bits per heavy atom. The summed E-state index contributed by atoms with van der Waals surface area (Å²) in [5.41, 5.74) is 2.59. The van der Waals surface area contributed by atoms with Crippen LogP contribution >= 0.6 is 0 Å². The number of hydrogen-bond donors (Lipinski definition) is 2. The topological polar surface area (TPSA) is 32.3 Å². The molecule has 1 rings (SSSR count).